The lowest BCUT2D eigenvalue weighted by Gasteiger charge is -2.26. The van der Waals surface area contributed by atoms with Gasteiger partial charge in [0.05, 0.1) is 12.3 Å². The average Bonchev–Trinajstić information content (AvgIpc) is 3.29. The van der Waals surface area contributed by atoms with E-state index in [0.717, 1.165) is 24.5 Å². The lowest BCUT2D eigenvalue weighted by atomic mass is 10.1. The van der Waals surface area contributed by atoms with Gasteiger partial charge in [0.2, 0.25) is 0 Å². The average molecular weight is 327 g/mol. The van der Waals surface area contributed by atoms with Crippen LogP contribution in [0, 0.1) is 0 Å². The van der Waals surface area contributed by atoms with E-state index in [-0.39, 0.29) is 11.9 Å². The van der Waals surface area contributed by atoms with Gasteiger partial charge in [-0.1, -0.05) is 6.07 Å². The molecule has 1 aliphatic rings. The summed E-state index contributed by atoms with van der Waals surface area (Å²) in [5.41, 5.74) is 1.70. The lowest BCUT2D eigenvalue weighted by molar-refractivity contribution is 0.0934. The summed E-state index contributed by atoms with van der Waals surface area (Å²) < 4.78 is 5.60. The number of likely N-dealkylation sites (tertiary alicyclic amines) is 1. The molecule has 3 rings (SSSR count). The maximum Gasteiger partial charge on any atom is 0.251 e. The van der Waals surface area contributed by atoms with Gasteiger partial charge in [0.15, 0.2) is 0 Å². The fraction of sp³-hybridized carbons (Fsp3) is 0.421. The van der Waals surface area contributed by atoms with Gasteiger partial charge in [-0.25, -0.2) is 0 Å². The Morgan fingerprint density at radius 2 is 2.04 bits per heavy atom. The first-order chi connectivity index (χ1) is 11.6. The Balaban J connectivity index is 1.68. The summed E-state index contributed by atoms with van der Waals surface area (Å²) in [6.45, 7) is 2.66. The van der Waals surface area contributed by atoms with Crippen molar-refractivity contribution in [3.63, 3.8) is 0 Å². The van der Waals surface area contributed by atoms with Gasteiger partial charge < -0.3 is 14.6 Å². The molecule has 1 fully saturated rings. The predicted octanol–water partition coefficient (Wildman–Crippen LogP) is 2.91. The largest absolute Gasteiger partial charge is 0.468 e. The maximum absolute atomic E-state index is 12.5. The van der Waals surface area contributed by atoms with Crippen molar-refractivity contribution in [2.24, 2.45) is 0 Å². The Hall–Kier alpha value is -2.27. The van der Waals surface area contributed by atoms with Crippen molar-refractivity contribution in [1.29, 1.82) is 0 Å². The lowest BCUT2D eigenvalue weighted by Crippen LogP contribution is -2.36. The van der Waals surface area contributed by atoms with Crippen LogP contribution in [0.15, 0.2) is 47.1 Å². The molecule has 5 nitrogen and oxygen atoms in total. The minimum atomic E-state index is -0.0468. The summed E-state index contributed by atoms with van der Waals surface area (Å²) in [5.74, 6) is 0.869. The number of furan rings is 1. The molecular weight excluding hydrogens is 302 g/mol. The van der Waals surface area contributed by atoms with Crippen LogP contribution in [0.4, 0.5) is 5.69 Å². The number of anilines is 1. The molecule has 0 aliphatic carbocycles. The fourth-order valence-electron chi connectivity index (χ4n) is 3.16. The van der Waals surface area contributed by atoms with Gasteiger partial charge in [-0.05, 0) is 56.3 Å². The van der Waals surface area contributed by atoms with Gasteiger partial charge >= 0.3 is 0 Å². The van der Waals surface area contributed by atoms with E-state index in [0.29, 0.717) is 12.1 Å². The third kappa shape index (κ3) is 3.79. The van der Waals surface area contributed by atoms with E-state index >= 15 is 0 Å². The third-order valence-electron chi connectivity index (χ3n) is 4.53. The number of carbonyl (C=O) groups is 1. The molecular formula is C19H25N3O2. The number of nitrogens with one attached hydrogen (secondary N) is 1. The van der Waals surface area contributed by atoms with Gasteiger partial charge in [0.1, 0.15) is 5.76 Å². The van der Waals surface area contributed by atoms with Crippen LogP contribution in [-0.2, 0) is 0 Å². The molecule has 0 radical (unpaired) electrons. The van der Waals surface area contributed by atoms with E-state index in [9.17, 15) is 4.79 Å². The molecule has 1 saturated heterocycles. The number of hydrogen-bond acceptors (Lipinski definition) is 4. The topological polar surface area (TPSA) is 48.7 Å². The molecule has 0 bridgehead atoms. The van der Waals surface area contributed by atoms with E-state index in [1.807, 2.05) is 55.4 Å². The second-order valence-electron chi connectivity index (χ2n) is 6.43. The summed E-state index contributed by atoms with van der Waals surface area (Å²) in [6.07, 6.45) is 4.10. The van der Waals surface area contributed by atoms with E-state index in [4.69, 9.17) is 4.42 Å². The second-order valence-corrected chi connectivity index (χ2v) is 6.43. The maximum atomic E-state index is 12.5. The number of hydrogen-bond donors (Lipinski definition) is 1. The molecule has 2 heterocycles. The molecule has 2 aromatic rings. The molecule has 1 aliphatic heterocycles. The van der Waals surface area contributed by atoms with E-state index in [1.165, 1.54) is 12.8 Å². The molecule has 0 spiro atoms. The zero-order valence-corrected chi connectivity index (χ0v) is 14.4. The van der Waals surface area contributed by atoms with Crippen LogP contribution >= 0.6 is 0 Å². The minimum absolute atomic E-state index is 0.0468. The summed E-state index contributed by atoms with van der Waals surface area (Å²) in [4.78, 5) is 16.9. The molecule has 24 heavy (non-hydrogen) atoms. The third-order valence-corrected chi connectivity index (χ3v) is 4.53. The fourth-order valence-corrected chi connectivity index (χ4v) is 3.16. The Bertz CT molecular complexity index is 661. The van der Waals surface area contributed by atoms with Gasteiger partial charge in [-0.15, -0.1) is 0 Å². The van der Waals surface area contributed by atoms with Crippen molar-refractivity contribution in [2.75, 3.05) is 38.6 Å². The molecule has 1 aromatic carbocycles. The van der Waals surface area contributed by atoms with Crippen LogP contribution in [0.2, 0.25) is 0 Å². The Kier molecular flexibility index (Phi) is 5.20. The number of carbonyl (C=O) groups excluding carboxylic acids is 1. The summed E-state index contributed by atoms with van der Waals surface area (Å²) in [6, 6.07) is 11.7. The zero-order chi connectivity index (χ0) is 16.9. The van der Waals surface area contributed by atoms with Crippen molar-refractivity contribution in [2.45, 2.75) is 18.9 Å². The van der Waals surface area contributed by atoms with Crippen LogP contribution in [0.5, 0.6) is 0 Å². The SMILES string of the molecule is CN(C)c1cccc(C(=O)NCC(c2ccco2)N2CCCC2)c1. The van der Waals surface area contributed by atoms with E-state index in [2.05, 4.69) is 10.2 Å². The highest BCUT2D eigenvalue weighted by atomic mass is 16.3. The Morgan fingerprint density at radius 1 is 1.25 bits per heavy atom. The highest BCUT2D eigenvalue weighted by molar-refractivity contribution is 5.95. The summed E-state index contributed by atoms with van der Waals surface area (Å²) in [7, 11) is 3.94. The highest BCUT2D eigenvalue weighted by Gasteiger charge is 2.26. The predicted molar refractivity (Wildman–Crippen MR) is 95.4 cm³/mol. The zero-order valence-electron chi connectivity index (χ0n) is 14.4. The van der Waals surface area contributed by atoms with Gasteiger partial charge in [-0.2, -0.15) is 0 Å². The normalized spacial score (nSPS) is 16.1. The van der Waals surface area contributed by atoms with Crippen molar-refractivity contribution < 1.29 is 9.21 Å². The first-order valence-electron chi connectivity index (χ1n) is 8.48. The van der Waals surface area contributed by atoms with Gasteiger partial charge in [0, 0.05) is 31.9 Å². The van der Waals surface area contributed by atoms with Crippen LogP contribution in [0.25, 0.3) is 0 Å². The molecule has 0 saturated carbocycles. The Morgan fingerprint density at radius 3 is 2.71 bits per heavy atom. The smallest absolute Gasteiger partial charge is 0.251 e. The Labute approximate surface area is 143 Å². The number of nitrogens with zero attached hydrogens (tertiary/aromatic N) is 2. The number of rotatable bonds is 6. The molecule has 1 aromatic heterocycles. The summed E-state index contributed by atoms with van der Waals surface area (Å²) >= 11 is 0. The second kappa shape index (κ2) is 7.53. The monoisotopic (exact) mass is 327 g/mol. The van der Waals surface area contributed by atoms with Gasteiger partial charge in [0.25, 0.3) is 5.91 Å². The van der Waals surface area contributed by atoms with E-state index in [1.54, 1.807) is 6.26 Å². The first-order valence-corrected chi connectivity index (χ1v) is 8.48. The molecule has 1 unspecified atom stereocenters. The van der Waals surface area contributed by atoms with Crippen LogP contribution in [-0.4, -0.2) is 44.5 Å². The van der Waals surface area contributed by atoms with Gasteiger partial charge in [-0.3, -0.25) is 9.69 Å². The highest BCUT2D eigenvalue weighted by Crippen LogP contribution is 2.25. The van der Waals surface area contributed by atoms with Crippen molar-refractivity contribution in [3.05, 3.63) is 54.0 Å². The van der Waals surface area contributed by atoms with Crippen LogP contribution in [0.3, 0.4) is 0 Å². The quantitative estimate of drug-likeness (QED) is 0.886. The molecule has 1 N–H and O–H groups in total. The number of benzene rings is 1. The summed E-state index contributed by atoms with van der Waals surface area (Å²) in [5, 5.41) is 3.07. The molecule has 1 atom stereocenters. The number of amides is 1. The minimum Gasteiger partial charge on any atom is -0.468 e. The van der Waals surface area contributed by atoms with Crippen LogP contribution in [0.1, 0.15) is 35.0 Å². The molecule has 128 valence electrons. The standard InChI is InChI=1S/C19H25N3O2/c1-21(2)16-8-5-7-15(13-16)19(23)20-14-17(18-9-6-12-24-18)22-10-3-4-11-22/h5-9,12-13,17H,3-4,10-11,14H2,1-2H3,(H,20,23). The van der Waals surface area contributed by atoms with Crippen molar-refractivity contribution >= 4 is 11.6 Å². The van der Waals surface area contributed by atoms with E-state index < -0.39 is 0 Å². The molecule has 5 heteroatoms. The first kappa shape index (κ1) is 16.6. The van der Waals surface area contributed by atoms with Crippen molar-refractivity contribution in [3.8, 4) is 0 Å². The van der Waals surface area contributed by atoms with Crippen LogP contribution < -0.4 is 10.2 Å². The van der Waals surface area contributed by atoms with Crippen molar-refractivity contribution in [1.82, 2.24) is 10.2 Å². The molecule has 1 amide bonds.